The van der Waals surface area contributed by atoms with Crippen molar-refractivity contribution in [1.29, 1.82) is 0 Å². The number of carbonyl (C=O) groups is 1. The lowest BCUT2D eigenvalue weighted by Crippen LogP contribution is -2.52. The number of hydrogen-bond acceptors (Lipinski definition) is 5. The van der Waals surface area contributed by atoms with Crippen LogP contribution in [0.5, 0.6) is 5.75 Å². The molecule has 7 heteroatoms. The van der Waals surface area contributed by atoms with Gasteiger partial charge in [0.15, 0.2) is 0 Å². The fourth-order valence-corrected chi connectivity index (χ4v) is 5.32. The summed E-state index contributed by atoms with van der Waals surface area (Å²) in [6.07, 6.45) is 6.74. The van der Waals surface area contributed by atoms with E-state index in [1.54, 1.807) is 12.0 Å². The minimum Gasteiger partial charge on any atom is -0.496 e. The average molecular weight is 497 g/mol. The van der Waals surface area contributed by atoms with E-state index in [0.29, 0.717) is 19.7 Å². The van der Waals surface area contributed by atoms with Crippen molar-refractivity contribution in [3.63, 3.8) is 0 Å². The molecule has 1 aliphatic heterocycles. The normalized spacial score (nSPS) is 20.3. The molecule has 0 spiro atoms. The summed E-state index contributed by atoms with van der Waals surface area (Å²) in [4.78, 5) is 16.4. The summed E-state index contributed by atoms with van der Waals surface area (Å²) in [7, 11) is 1.67. The molecule has 1 unspecified atom stereocenters. The van der Waals surface area contributed by atoms with Crippen LogP contribution in [0.4, 0.5) is 4.79 Å². The molecule has 0 aromatic heterocycles. The summed E-state index contributed by atoms with van der Waals surface area (Å²) in [5, 5.41) is 11.6. The van der Waals surface area contributed by atoms with Crippen LogP contribution in [0.3, 0.4) is 0 Å². The van der Waals surface area contributed by atoms with Gasteiger partial charge in [-0.3, -0.25) is 4.90 Å². The minimum atomic E-state index is -0.692. The first-order valence-electron chi connectivity index (χ1n) is 11.7. The Labute approximate surface area is 195 Å². The molecule has 1 aromatic carbocycles. The van der Waals surface area contributed by atoms with Crippen LogP contribution in [-0.2, 0) is 4.74 Å². The van der Waals surface area contributed by atoms with E-state index in [9.17, 15) is 9.90 Å². The van der Waals surface area contributed by atoms with Crippen LogP contribution in [0, 0.1) is 0 Å². The Morgan fingerprint density at radius 1 is 1.19 bits per heavy atom. The number of unbranched alkanes of at least 4 members (excludes halogenated alkanes) is 1. The first kappa shape index (κ1) is 24.3. The first-order chi connectivity index (χ1) is 15.0. The fourth-order valence-electron chi connectivity index (χ4n) is 4.76. The molecule has 1 N–H and O–H groups in total. The Morgan fingerprint density at radius 2 is 1.90 bits per heavy atom. The lowest BCUT2D eigenvalue weighted by atomic mass is 9.72. The second-order valence-corrected chi connectivity index (χ2v) is 9.72. The number of halogens is 1. The summed E-state index contributed by atoms with van der Waals surface area (Å²) in [6, 6.07) is 6.16. The summed E-state index contributed by atoms with van der Waals surface area (Å²) >= 11 is 3.61. The molecule has 0 bridgehead atoms. The Morgan fingerprint density at radius 3 is 2.52 bits per heavy atom. The third kappa shape index (κ3) is 6.36. The van der Waals surface area contributed by atoms with E-state index in [1.807, 2.05) is 6.07 Å². The van der Waals surface area contributed by atoms with Gasteiger partial charge < -0.3 is 19.5 Å². The van der Waals surface area contributed by atoms with Gasteiger partial charge in [0.2, 0.25) is 0 Å². The highest BCUT2D eigenvalue weighted by molar-refractivity contribution is 9.10. The first-order valence-corrected chi connectivity index (χ1v) is 12.5. The van der Waals surface area contributed by atoms with Crippen molar-refractivity contribution in [2.75, 3.05) is 46.4 Å². The van der Waals surface area contributed by atoms with Crippen molar-refractivity contribution in [2.45, 2.75) is 63.4 Å². The van der Waals surface area contributed by atoms with Crippen LogP contribution in [-0.4, -0.2) is 73.0 Å². The molecule has 0 radical (unpaired) electrons. The van der Waals surface area contributed by atoms with Crippen LogP contribution in [0.2, 0.25) is 0 Å². The number of rotatable bonds is 8. The maximum atomic E-state index is 12.2. The van der Waals surface area contributed by atoms with Crippen LogP contribution in [0.25, 0.3) is 0 Å². The van der Waals surface area contributed by atoms with Crippen LogP contribution < -0.4 is 4.74 Å². The van der Waals surface area contributed by atoms with Gasteiger partial charge in [0.05, 0.1) is 23.8 Å². The van der Waals surface area contributed by atoms with E-state index in [-0.39, 0.29) is 12.0 Å². The van der Waals surface area contributed by atoms with Crippen molar-refractivity contribution < 1.29 is 19.4 Å². The van der Waals surface area contributed by atoms with E-state index in [1.165, 1.54) is 6.42 Å². The zero-order valence-corrected chi connectivity index (χ0v) is 20.5. The third-order valence-corrected chi connectivity index (χ3v) is 7.36. The zero-order chi connectivity index (χ0) is 22.3. The van der Waals surface area contributed by atoms with Gasteiger partial charge >= 0.3 is 6.09 Å². The standard InChI is InChI=1S/C24H37BrN2O4/c1-3-4-16-31-23(28)27-14-12-26(13-15-27)18-20(24(29)10-6-5-7-11-24)19-8-9-22(30-2)21(25)17-19/h8-9,17,20,29H,3-7,10-16,18H2,1-2H3. The van der Waals surface area contributed by atoms with E-state index in [2.05, 4.69) is 39.9 Å². The van der Waals surface area contributed by atoms with Crippen molar-refractivity contribution in [3.05, 3.63) is 28.2 Å². The maximum absolute atomic E-state index is 12.2. The molecule has 1 heterocycles. The second kappa shape index (κ2) is 11.5. The predicted molar refractivity (Wildman–Crippen MR) is 126 cm³/mol. The number of hydrogen-bond donors (Lipinski definition) is 1. The second-order valence-electron chi connectivity index (χ2n) is 8.87. The highest BCUT2D eigenvalue weighted by Gasteiger charge is 2.40. The molecule has 31 heavy (non-hydrogen) atoms. The SMILES string of the molecule is CCCCOC(=O)N1CCN(CC(c2ccc(OC)c(Br)c2)C2(O)CCCCC2)CC1. The quantitative estimate of drug-likeness (QED) is 0.524. The van der Waals surface area contributed by atoms with Gasteiger partial charge in [-0.1, -0.05) is 38.7 Å². The van der Waals surface area contributed by atoms with Gasteiger partial charge in [0, 0.05) is 38.6 Å². The molecular formula is C24H37BrN2O4. The largest absolute Gasteiger partial charge is 0.496 e. The Kier molecular flexibility index (Phi) is 9.05. The summed E-state index contributed by atoms with van der Waals surface area (Å²) in [5.74, 6) is 0.825. The fraction of sp³-hybridized carbons (Fsp3) is 0.708. The average Bonchev–Trinajstić information content (AvgIpc) is 2.78. The third-order valence-electron chi connectivity index (χ3n) is 6.74. The zero-order valence-electron chi connectivity index (χ0n) is 18.9. The topological polar surface area (TPSA) is 62.2 Å². The molecule has 1 aliphatic carbocycles. The number of piperazine rings is 1. The number of amides is 1. The molecule has 2 aliphatic rings. The summed E-state index contributed by atoms with van der Waals surface area (Å²) in [5.41, 5.74) is 0.446. The number of nitrogens with zero attached hydrogens (tertiary/aromatic N) is 2. The molecule has 3 rings (SSSR count). The molecule has 1 amide bonds. The van der Waals surface area contributed by atoms with E-state index < -0.39 is 5.60 Å². The van der Waals surface area contributed by atoms with Crippen molar-refractivity contribution in [1.82, 2.24) is 9.80 Å². The van der Waals surface area contributed by atoms with Crippen LogP contribution >= 0.6 is 15.9 Å². The van der Waals surface area contributed by atoms with Crippen molar-refractivity contribution >= 4 is 22.0 Å². The molecule has 2 fully saturated rings. The van der Waals surface area contributed by atoms with Crippen LogP contribution in [0.15, 0.2) is 22.7 Å². The van der Waals surface area contributed by atoms with Gasteiger partial charge in [-0.05, 0) is 52.9 Å². The highest BCUT2D eigenvalue weighted by atomic mass is 79.9. The lowest BCUT2D eigenvalue weighted by molar-refractivity contribution is -0.0342. The monoisotopic (exact) mass is 496 g/mol. The number of ether oxygens (including phenoxy) is 2. The number of carbonyl (C=O) groups excluding carboxylic acids is 1. The molecular weight excluding hydrogens is 460 g/mol. The molecule has 174 valence electrons. The number of methoxy groups -OCH3 is 1. The molecule has 6 nitrogen and oxygen atoms in total. The summed E-state index contributed by atoms with van der Waals surface area (Å²) < 4.78 is 11.7. The van der Waals surface area contributed by atoms with Crippen molar-refractivity contribution in [3.8, 4) is 5.75 Å². The van der Waals surface area contributed by atoms with E-state index in [4.69, 9.17) is 9.47 Å². The predicted octanol–water partition coefficient (Wildman–Crippen LogP) is 4.79. The van der Waals surface area contributed by atoms with Gasteiger partial charge in [0.1, 0.15) is 5.75 Å². The van der Waals surface area contributed by atoms with Crippen LogP contribution in [0.1, 0.15) is 63.4 Å². The van der Waals surface area contributed by atoms with Gasteiger partial charge in [-0.25, -0.2) is 4.79 Å². The molecule has 1 atom stereocenters. The number of benzene rings is 1. The summed E-state index contributed by atoms with van der Waals surface area (Å²) in [6.45, 7) is 6.31. The Bertz CT molecular complexity index is 716. The molecule has 1 saturated carbocycles. The van der Waals surface area contributed by atoms with Gasteiger partial charge in [0.25, 0.3) is 0 Å². The van der Waals surface area contributed by atoms with E-state index >= 15 is 0 Å². The highest BCUT2D eigenvalue weighted by Crippen LogP contribution is 2.42. The van der Waals surface area contributed by atoms with Gasteiger partial charge in [-0.15, -0.1) is 0 Å². The molecule has 1 saturated heterocycles. The maximum Gasteiger partial charge on any atom is 0.409 e. The number of aliphatic hydroxyl groups is 1. The lowest BCUT2D eigenvalue weighted by Gasteiger charge is -2.43. The van der Waals surface area contributed by atoms with Gasteiger partial charge in [-0.2, -0.15) is 0 Å². The molecule has 1 aromatic rings. The Hall–Kier alpha value is -1.31. The van der Waals surface area contributed by atoms with Crippen molar-refractivity contribution in [2.24, 2.45) is 0 Å². The van der Waals surface area contributed by atoms with E-state index in [0.717, 1.165) is 73.9 Å². The smallest absolute Gasteiger partial charge is 0.409 e. The minimum absolute atomic E-state index is 0.0260. The Balaban J connectivity index is 1.67.